The third-order valence-electron chi connectivity index (χ3n) is 10.4. The maximum atomic E-state index is 12.2. The lowest BCUT2D eigenvalue weighted by Crippen LogP contribution is -2.60. The Hall–Kier alpha value is 0.200. The third kappa shape index (κ3) is 3.45. The standard InChI is InChI=1S/C24H32O5.4H2S/c1-21-7-4-13(25)10-17(21)14-11-15(14)20-16-5-8-23(27,9-6-19(26)28-3)22(16,2)12-18-24(20,21)29-18;;;;/h10,14-16,18,20,27H,4-9,11-12H2,1-3H3;4*1H2/t14-,15+,16+,18?,20+,21+,22+,23-,24-;;;;/m1..../s1. The molecular weight excluding hydrogens is 497 g/mol. The largest absolute Gasteiger partial charge is 0.469 e. The molecule has 9 heteroatoms. The van der Waals surface area contributed by atoms with Gasteiger partial charge in [0.05, 0.1) is 18.8 Å². The van der Waals surface area contributed by atoms with Crippen molar-refractivity contribution in [3.8, 4) is 0 Å². The Morgan fingerprint density at radius 3 is 2.58 bits per heavy atom. The lowest BCUT2D eigenvalue weighted by atomic mass is 9.46. The van der Waals surface area contributed by atoms with Gasteiger partial charge in [0.25, 0.3) is 0 Å². The van der Waals surface area contributed by atoms with E-state index in [9.17, 15) is 14.7 Å². The molecule has 5 aliphatic carbocycles. The first-order valence-electron chi connectivity index (χ1n) is 11.4. The van der Waals surface area contributed by atoms with E-state index in [2.05, 4.69) is 13.8 Å². The predicted octanol–water partition coefficient (Wildman–Crippen LogP) is 3.64. The molecule has 0 bridgehead atoms. The number of hydrogen-bond acceptors (Lipinski definition) is 5. The molecule has 1 N–H and O–H groups in total. The number of aliphatic hydroxyl groups is 1. The van der Waals surface area contributed by atoms with E-state index in [4.69, 9.17) is 9.47 Å². The molecule has 0 aromatic rings. The van der Waals surface area contributed by atoms with Crippen molar-refractivity contribution in [2.45, 2.75) is 82.5 Å². The van der Waals surface area contributed by atoms with Crippen LogP contribution in [0.25, 0.3) is 0 Å². The minimum Gasteiger partial charge on any atom is -0.469 e. The highest BCUT2D eigenvalue weighted by atomic mass is 32.1. The molecule has 0 radical (unpaired) electrons. The molecule has 1 aliphatic heterocycles. The number of carbonyl (C=O) groups excluding carboxylic acids is 2. The molecule has 1 heterocycles. The number of epoxide rings is 1. The van der Waals surface area contributed by atoms with Gasteiger partial charge in [-0.15, -0.1) is 0 Å². The quantitative estimate of drug-likeness (QED) is 0.440. The second-order valence-electron chi connectivity index (χ2n) is 11.2. The summed E-state index contributed by atoms with van der Waals surface area (Å²) in [6.45, 7) is 4.61. The fraction of sp³-hybridized carbons (Fsp3) is 0.833. The molecule has 5 fully saturated rings. The number of fused-ring (bicyclic) bond motifs is 6. The summed E-state index contributed by atoms with van der Waals surface area (Å²) in [6.07, 6.45) is 8.22. The van der Waals surface area contributed by atoms with Crippen LogP contribution in [0.3, 0.4) is 0 Å². The van der Waals surface area contributed by atoms with Gasteiger partial charge >= 0.3 is 5.97 Å². The Bertz CT molecular complexity index is 866. The zero-order valence-electron chi connectivity index (χ0n) is 19.7. The van der Waals surface area contributed by atoms with Crippen molar-refractivity contribution in [2.75, 3.05) is 7.11 Å². The molecule has 33 heavy (non-hydrogen) atoms. The van der Waals surface area contributed by atoms with Gasteiger partial charge in [-0.1, -0.05) is 19.4 Å². The van der Waals surface area contributed by atoms with E-state index in [0.717, 1.165) is 25.7 Å². The summed E-state index contributed by atoms with van der Waals surface area (Å²) in [5, 5.41) is 11.7. The summed E-state index contributed by atoms with van der Waals surface area (Å²) in [6, 6.07) is 0. The minimum atomic E-state index is -0.825. The topological polar surface area (TPSA) is 76.1 Å². The molecule has 5 nitrogen and oxygen atoms in total. The van der Waals surface area contributed by atoms with Crippen molar-refractivity contribution in [1.82, 2.24) is 0 Å². The molecule has 4 saturated carbocycles. The van der Waals surface area contributed by atoms with Crippen molar-refractivity contribution < 1.29 is 24.2 Å². The Morgan fingerprint density at radius 1 is 1.21 bits per heavy atom. The van der Waals surface area contributed by atoms with Gasteiger partial charge in [0.2, 0.25) is 0 Å². The van der Waals surface area contributed by atoms with Gasteiger partial charge in [-0.05, 0) is 68.3 Å². The summed E-state index contributed by atoms with van der Waals surface area (Å²) in [4.78, 5) is 24.0. The van der Waals surface area contributed by atoms with E-state index >= 15 is 0 Å². The molecule has 0 aromatic carbocycles. The normalized spacial score (nSPS) is 49.4. The van der Waals surface area contributed by atoms with Crippen molar-refractivity contribution in [2.24, 2.45) is 34.5 Å². The monoisotopic (exact) mass is 536 g/mol. The number of hydrogen-bond donors (Lipinski definition) is 1. The van der Waals surface area contributed by atoms with Crippen LogP contribution in [0.4, 0.5) is 0 Å². The van der Waals surface area contributed by atoms with Crippen LogP contribution in [0.1, 0.15) is 65.2 Å². The van der Waals surface area contributed by atoms with Gasteiger partial charge in [-0.25, -0.2) is 0 Å². The van der Waals surface area contributed by atoms with Crippen LogP contribution < -0.4 is 0 Å². The van der Waals surface area contributed by atoms with Crippen LogP contribution in [0.2, 0.25) is 0 Å². The van der Waals surface area contributed by atoms with Crippen LogP contribution in [0, 0.1) is 34.5 Å². The smallest absolute Gasteiger partial charge is 0.305 e. The number of carbonyl (C=O) groups is 2. The highest BCUT2D eigenvalue weighted by molar-refractivity contribution is 7.59. The van der Waals surface area contributed by atoms with E-state index in [1.807, 2.05) is 6.08 Å². The number of rotatable bonds is 3. The Balaban J connectivity index is 0.000000963. The van der Waals surface area contributed by atoms with Gasteiger partial charge in [0.1, 0.15) is 5.60 Å². The zero-order valence-corrected chi connectivity index (χ0v) is 23.7. The lowest BCUT2D eigenvalue weighted by Gasteiger charge is -2.56. The fourth-order valence-electron chi connectivity index (χ4n) is 8.75. The molecule has 6 rings (SSSR count). The second kappa shape index (κ2) is 8.94. The van der Waals surface area contributed by atoms with Crippen LogP contribution in [-0.2, 0) is 19.1 Å². The van der Waals surface area contributed by atoms with Crippen LogP contribution in [0.5, 0.6) is 0 Å². The molecule has 0 amide bonds. The van der Waals surface area contributed by atoms with Crippen molar-refractivity contribution in [3.63, 3.8) is 0 Å². The van der Waals surface area contributed by atoms with Gasteiger partial charge in [-0.3, -0.25) is 9.59 Å². The average Bonchev–Trinajstić information content (AvgIpc) is 3.58. The first kappa shape index (κ1) is 29.4. The SMILES string of the molecule is COC(=O)CC[C@]1(O)CC[C@H]2[C@@H]3[C@H]4C[C@H]4C4=CC(=O)CC[C@]4(C)[C@]34OC4C[C@@]21C.S.S.S.S. The molecule has 1 unspecified atom stereocenters. The summed E-state index contributed by atoms with van der Waals surface area (Å²) in [5.74, 6) is 2.07. The highest BCUT2D eigenvalue weighted by Gasteiger charge is 2.84. The third-order valence-corrected chi connectivity index (χ3v) is 10.4. The van der Waals surface area contributed by atoms with Crippen molar-refractivity contribution >= 4 is 65.7 Å². The molecule has 0 aromatic heterocycles. The van der Waals surface area contributed by atoms with E-state index in [0.29, 0.717) is 36.5 Å². The minimum absolute atomic E-state index is 0. The summed E-state index contributed by atoms with van der Waals surface area (Å²) in [5.41, 5.74) is 0.177. The van der Waals surface area contributed by atoms with E-state index in [1.54, 1.807) is 0 Å². The molecular formula is C24H40O5S4. The molecule has 6 aliphatic rings. The van der Waals surface area contributed by atoms with E-state index in [1.165, 1.54) is 19.1 Å². The molecule has 1 saturated heterocycles. The number of ether oxygens (including phenoxy) is 2. The summed E-state index contributed by atoms with van der Waals surface area (Å²) < 4.78 is 11.5. The fourth-order valence-corrected chi connectivity index (χ4v) is 8.75. The predicted molar refractivity (Wildman–Crippen MR) is 146 cm³/mol. The first-order chi connectivity index (χ1) is 13.7. The van der Waals surface area contributed by atoms with Gasteiger partial charge in [-0.2, -0.15) is 54.0 Å². The van der Waals surface area contributed by atoms with Crippen molar-refractivity contribution in [3.05, 3.63) is 11.6 Å². The summed E-state index contributed by atoms with van der Waals surface area (Å²) >= 11 is 0. The Kier molecular flexibility index (Phi) is 7.98. The Labute approximate surface area is 225 Å². The van der Waals surface area contributed by atoms with Gasteiger partial charge in [0.15, 0.2) is 5.78 Å². The van der Waals surface area contributed by atoms with Crippen LogP contribution in [-0.4, -0.2) is 41.3 Å². The zero-order chi connectivity index (χ0) is 20.4. The lowest BCUT2D eigenvalue weighted by molar-refractivity contribution is -0.147. The molecule has 9 atom stereocenters. The molecule has 190 valence electrons. The average molecular weight is 537 g/mol. The molecule has 1 spiro atoms. The van der Waals surface area contributed by atoms with E-state index < -0.39 is 5.60 Å². The van der Waals surface area contributed by atoms with Crippen LogP contribution >= 0.6 is 54.0 Å². The Morgan fingerprint density at radius 2 is 1.91 bits per heavy atom. The maximum Gasteiger partial charge on any atom is 0.305 e. The second-order valence-corrected chi connectivity index (χ2v) is 11.2. The number of ketones is 1. The van der Waals surface area contributed by atoms with Gasteiger partial charge < -0.3 is 14.6 Å². The van der Waals surface area contributed by atoms with Gasteiger partial charge in [0, 0.05) is 23.7 Å². The van der Waals surface area contributed by atoms with E-state index in [-0.39, 0.29) is 94.7 Å². The number of esters is 1. The van der Waals surface area contributed by atoms with Crippen LogP contribution in [0.15, 0.2) is 11.6 Å². The van der Waals surface area contributed by atoms with Crippen molar-refractivity contribution in [1.29, 1.82) is 0 Å². The number of methoxy groups -OCH3 is 1. The highest BCUT2D eigenvalue weighted by Crippen LogP contribution is 2.82. The first-order valence-corrected chi connectivity index (χ1v) is 11.4. The summed E-state index contributed by atoms with van der Waals surface area (Å²) in [7, 11) is 1.41. The maximum absolute atomic E-state index is 12.2.